The number of nitrogens with zero attached hydrogens (tertiary/aromatic N) is 2. The first-order chi connectivity index (χ1) is 8.71. The van der Waals surface area contributed by atoms with Crippen LogP contribution in [0.25, 0.3) is 0 Å². The van der Waals surface area contributed by atoms with Crippen molar-refractivity contribution < 1.29 is 9.47 Å². The van der Waals surface area contributed by atoms with Gasteiger partial charge in [0.15, 0.2) is 0 Å². The van der Waals surface area contributed by atoms with Crippen LogP contribution in [0.3, 0.4) is 0 Å². The Hall–Kier alpha value is -1.57. The molecule has 0 saturated carbocycles. The van der Waals surface area contributed by atoms with E-state index in [1.807, 2.05) is 19.2 Å². The largest absolute Gasteiger partial charge is 0.496 e. The molecule has 0 aromatic heterocycles. The molecule has 0 aliphatic rings. The van der Waals surface area contributed by atoms with Crippen LogP contribution in [0.2, 0.25) is 0 Å². The molecule has 0 radical (unpaired) electrons. The predicted molar refractivity (Wildman–Crippen MR) is 70.5 cm³/mol. The van der Waals surface area contributed by atoms with Crippen molar-refractivity contribution in [2.45, 2.75) is 13.0 Å². The monoisotopic (exact) mass is 248 g/mol. The molecule has 18 heavy (non-hydrogen) atoms. The van der Waals surface area contributed by atoms with Gasteiger partial charge in [-0.2, -0.15) is 5.26 Å². The SMILES string of the molecule is COCCCN(C)Cc1cc(C#N)ccc1OC. The standard InChI is InChI=1S/C14H20N2O2/c1-16(7-4-8-17-2)11-13-9-12(10-15)5-6-14(13)18-3/h5-6,9H,4,7-8,11H2,1-3H3. The highest BCUT2D eigenvalue weighted by atomic mass is 16.5. The van der Waals surface area contributed by atoms with Gasteiger partial charge in [0.2, 0.25) is 0 Å². The van der Waals surface area contributed by atoms with Crippen molar-refractivity contribution in [3.8, 4) is 11.8 Å². The molecular weight excluding hydrogens is 228 g/mol. The molecule has 0 aliphatic carbocycles. The van der Waals surface area contributed by atoms with Gasteiger partial charge in [0, 0.05) is 32.4 Å². The van der Waals surface area contributed by atoms with Crippen LogP contribution in [0.5, 0.6) is 5.75 Å². The molecule has 98 valence electrons. The molecular formula is C14H20N2O2. The third kappa shape index (κ3) is 4.36. The van der Waals surface area contributed by atoms with Crippen molar-refractivity contribution >= 4 is 0 Å². The summed E-state index contributed by atoms with van der Waals surface area (Å²) in [6, 6.07) is 7.65. The van der Waals surface area contributed by atoms with E-state index >= 15 is 0 Å². The van der Waals surface area contributed by atoms with Gasteiger partial charge < -0.3 is 14.4 Å². The van der Waals surface area contributed by atoms with Gasteiger partial charge in [0.05, 0.1) is 18.7 Å². The van der Waals surface area contributed by atoms with Crippen molar-refractivity contribution in [3.63, 3.8) is 0 Å². The highest BCUT2D eigenvalue weighted by molar-refractivity contribution is 5.41. The second-order valence-electron chi connectivity index (χ2n) is 4.22. The van der Waals surface area contributed by atoms with Crippen LogP contribution in [0, 0.1) is 11.3 Å². The highest BCUT2D eigenvalue weighted by Gasteiger charge is 2.07. The smallest absolute Gasteiger partial charge is 0.123 e. The van der Waals surface area contributed by atoms with Gasteiger partial charge in [-0.15, -0.1) is 0 Å². The van der Waals surface area contributed by atoms with Crippen LogP contribution in [0.15, 0.2) is 18.2 Å². The number of rotatable bonds is 7. The Morgan fingerprint density at radius 1 is 1.33 bits per heavy atom. The summed E-state index contributed by atoms with van der Waals surface area (Å²) < 4.78 is 10.3. The lowest BCUT2D eigenvalue weighted by Crippen LogP contribution is -2.20. The highest BCUT2D eigenvalue weighted by Crippen LogP contribution is 2.21. The fourth-order valence-corrected chi connectivity index (χ4v) is 1.82. The van der Waals surface area contributed by atoms with E-state index in [1.54, 1.807) is 20.3 Å². The number of nitriles is 1. The van der Waals surface area contributed by atoms with Gasteiger partial charge in [-0.1, -0.05) is 0 Å². The summed E-state index contributed by atoms with van der Waals surface area (Å²) in [6.45, 7) is 2.48. The van der Waals surface area contributed by atoms with Crippen molar-refractivity contribution in [3.05, 3.63) is 29.3 Å². The topological polar surface area (TPSA) is 45.5 Å². The summed E-state index contributed by atoms with van der Waals surface area (Å²) in [6.07, 6.45) is 0.993. The molecule has 0 amide bonds. The van der Waals surface area contributed by atoms with Crippen molar-refractivity contribution in [2.75, 3.05) is 34.4 Å². The van der Waals surface area contributed by atoms with Crippen molar-refractivity contribution in [1.29, 1.82) is 5.26 Å². The van der Waals surface area contributed by atoms with Gasteiger partial charge in [0.1, 0.15) is 5.75 Å². The number of methoxy groups -OCH3 is 2. The molecule has 0 N–H and O–H groups in total. The van der Waals surface area contributed by atoms with E-state index < -0.39 is 0 Å². The molecule has 1 rings (SSSR count). The molecule has 0 heterocycles. The van der Waals surface area contributed by atoms with Crippen LogP contribution in [-0.4, -0.2) is 39.3 Å². The number of ether oxygens (including phenoxy) is 2. The average molecular weight is 248 g/mol. The maximum Gasteiger partial charge on any atom is 0.123 e. The molecule has 4 nitrogen and oxygen atoms in total. The lowest BCUT2D eigenvalue weighted by Gasteiger charge is -2.18. The normalized spacial score (nSPS) is 10.4. The maximum absolute atomic E-state index is 8.91. The van der Waals surface area contributed by atoms with Gasteiger partial charge >= 0.3 is 0 Å². The van der Waals surface area contributed by atoms with Crippen LogP contribution in [0.4, 0.5) is 0 Å². The molecule has 0 saturated heterocycles. The van der Waals surface area contributed by atoms with Crippen LogP contribution in [0.1, 0.15) is 17.5 Å². The van der Waals surface area contributed by atoms with E-state index in [4.69, 9.17) is 14.7 Å². The Balaban J connectivity index is 2.67. The Morgan fingerprint density at radius 3 is 2.72 bits per heavy atom. The van der Waals surface area contributed by atoms with E-state index in [2.05, 4.69) is 11.0 Å². The third-order valence-corrected chi connectivity index (χ3v) is 2.74. The third-order valence-electron chi connectivity index (χ3n) is 2.74. The molecule has 4 heteroatoms. The second-order valence-corrected chi connectivity index (χ2v) is 4.22. The summed E-state index contributed by atoms with van der Waals surface area (Å²) in [5.74, 6) is 0.826. The molecule has 0 aliphatic heterocycles. The van der Waals surface area contributed by atoms with E-state index in [1.165, 1.54) is 0 Å². The fourth-order valence-electron chi connectivity index (χ4n) is 1.82. The lowest BCUT2D eigenvalue weighted by molar-refractivity contribution is 0.178. The average Bonchev–Trinajstić information content (AvgIpc) is 2.39. The zero-order valence-corrected chi connectivity index (χ0v) is 11.3. The number of hydrogen-bond donors (Lipinski definition) is 0. The Bertz CT molecular complexity index is 413. The number of benzene rings is 1. The molecule has 0 spiro atoms. The Labute approximate surface area is 109 Å². The van der Waals surface area contributed by atoms with Gasteiger partial charge in [0.25, 0.3) is 0 Å². The predicted octanol–water partition coefficient (Wildman–Crippen LogP) is 2.04. The minimum absolute atomic E-state index is 0.663. The Kier molecular flexibility index (Phi) is 6.20. The first-order valence-corrected chi connectivity index (χ1v) is 5.95. The van der Waals surface area contributed by atoms with Crippen molar-refractivity contribution in [2.24, 2.45) is 0 Å². The van der Waals surface area contributed by atoms with Crippen molar-refractivity contribution in [1.82, 2.24) is 4.90 Å². The minimum atomic E-state index is 0.663. The molecule has 1 aromatic rings. The first-order valence-electron chi connectivity index (χ1n) is 5.95. The van der Waals surface area contributed by atoms with E-state index in [0.29, 0.717) is 5.56 Å². The first kappa shape index (κ1) is 14.5. The fraction of sp³-hybridized carbons (Fsp3) is 0.500. The van der Waals surface area contributed by atoms with Crippen LogP contribution < -0.4 is 4.74 Å². The number of hydrogen-bond acceptors (Lipinski definition) is 4. The maximum atomic E-state index is 8.91. The van der Waals surface area contributed by atoms with Crippen LogP contribution >= 0.6 is 0 Å². The van der Waals surface area contributed by atoms with Gasteiger partial charge in [-0.05, 0) is 31.7 Å². The molecule has 0 atom stereocenters. The lowest BCUT2D eigenvalue weighted by atomic mass is 10.1. The zero-order valence-electron chi connectivity index (χ0n) is 11.3. The van der Waals surface area contributed by atoms with E-state index in [-0.39, 0.29) is 0 Å². The quantitative estimate of drug-likeness (QED) is 0.693. The van der Waals surface area contributed by atoms with Gasteiger partial charge in [-0.3, -0.25) is 0 Å². The molecule has 0 fully saturated rings. The van der Waals surface area contributed by atoms with Gasteiger partial charge in [-0.25, -0.2) is 0 Å². The zero-order chi connectivity index (χ0) is 13.4. The summed E-state index contributed by atoms with van der Waals surface area (Å²) in [7, 11) is 5.41. The summed E-state index contributed by atoms with van der Waals surface area (Å²) in [5, 5.41) is 8.91. The molecule has 1 aromatic carbocycles. The van der Waals surface area contributed by atoms with Crippen LogP contribution in [-0.2, 0) is 11.3 Å². The summed E-state index contributed by atoms with van der Waals surface area (Å²) in [5.41, 5.74) is 1.70. The van der Waals surface area contributed by atoms with E-state index in [9.17, 15) is 0 Å². The Morgan fingerprint density at radius 2 is 2.11 bits per heavy atom. The summed E-state index contributed by atoms with van der Waals surface area (Å²) in [4.78, 5) is 2.19. The molecule has 0 unspecified atom stereocenters. The summed E-state index contributed by atoms with van der Waals surface area (Å²) >= 11 is 0. The second kappa shape index (κ2) is 7.70. The van der Waals surface area contributed by atoms with E-state index in [0.717, 1.165) is 37.4 Å². The minimum Gasteiger partial charge on any atom is -0.496 e. The molecule has 0 bridgehead atoms.